The van der Waals surface area contributed by atoms with Gasteiger partial charge in [-0.3, -0.25) is 9.78 Å². The molecule has 1 aliphatic heterocycles. The highest BCUT2D eigenvalue weighted by atomic mass is 16.1. The Morgan fingerprint density at radius 3 is 2.71 bits per heavy atom. The van der Waals surface area contributed by atoms with Crippen LogP contribution in [0.4, 0.5) is 0 Å². The van der Waals surface area contributed by atoms with Crippen molar-refractivity contribution in [2.45, 2.75) is 20.3 Å². The van der Waals surface area contributed by atoms with Gasteiger partial charge in [-0.1, -0.05) is 31.8 Å². The van der Waals surface area contributed by atoms with E-state index in [1.807, 2.05) is 6.07 Å². The molecule has 0 saturated heterocycles. The van der Waals surface area contributed by atoms with E-state index in [4.69, 9.17) is 5.26 Å². The maximum atomic E-state index is 12.3. The van der Waals surface area contributed by atoms with Crippen LogP contribution in [0.5, 0.6) is 0 Å². The summed E-state index contributed by atoms with van der Waals surface area (Å²) in [5, 5.41) is 11.9. The number of fused-ring (bicyclic) bond motifs is 1. The maximum absolute atomic E-state index is 12.3. The second-order valence-corrected chi connectivity index (χ2v) is 6.68. The number of carbonyl (C=O) groups is 1. The minimum atomic E-state index is -0.0989. The molecule has 0 spiro atoms. The van der Waals surface area contributed by atoms with E-state index in [2.05, 4.69) is 42.1 Å². The molecule has 2 aromatic rings. The Morgan fingerprint density at radius 2 is 1.92 bits per heavy atom. The van der Waals surface area contributed by atoms with E-state index < -0.39 is 0 Å². The summed E-state index contributed by atoms with van der Waals surface area (Å²) in [5.41, 5.74) is 3.41. The number of rotatable bonds is 0. The van der Waals surface area contributed by atoms with Crippen LogP contribution in [0.2, 0.25) is 0 Å². The molecule has 1 amide bonds. The van der Waals surface area contributed by atoms with Gasteiger partial charge in [-0.2, -0.15) is 5.26 Å². The van der Waals surface area contributed by atoms with Gasteiger partial charge < -0.3 is 5.32 Å². The van der Waals surface area contributed by atoms with Crippen molar-refractivity contribution in [1.29, 1.82) is 5.26 Å². The summed E-state index contributed by atoms with van der Waals surface area (Å²) < 4.78 is 0. The summed E-state index contributed by atoms with van der Waals surface area (Å²) in [6.45, 7) is 4.85. The largest absolute Gasteiger partial charge is 0.351 e. The minimum absolute atomic E-state index is 0.0150. The number of nitrogens with zero attached hydrogens (tertiary/aromatic N) is 2. The van der Waals surface area contributed by atoms with Gasteiger partial charge in [0.1, 0.15) is 0 Å². The lowest BCUT2D eigenvalue weighted by Crippen LogP contribution is -2.31. The molecule has 24 heavy (non-hydrogen) atoms. The lowest BCUT2D eigenvalue weighted by atomic mass is 9.87. The number of nitrogens with one attached hydrogen (secondary N) is 1. The summed E-state index contributed by atoms with van der Waals surface area (Å²) >= 11 is 0. The molecule has 1 N–H and O–H groups in total. The number of nitriles is 1. The number of amides is 1. The molecule has 1 aromatic heterocycles. The third-order valence-corrected chi connectivity index (χ3v) is 3.93. The van der Waals surface area contributed by atoms with E-state index in [1.54, 1.807) is 30.5 Å². The average molecular weight is 315 g/mol. The van der Waals surface area contributed by atoms with Gasteiger partial charge in [-0.15, -0.1) is 0 Å². The van der Waals surface area contributed by atoms with Crippen LogP contribution in [0, 0.1) is 28.6 Å². The Labute approximate surface area is 141 Å². The molecular weight excluding hydrogens is 298 g/mol. The molecule has 1 aliphatic rings. The van der Waals surface area contributed by atoms with Crippen molar-refractivity contribution < 1.29 is 4.79 Å². The van der Waals surface area contributed by atoms with Crippen LogP contribution in [0.15, 0.2) is 36.5 Å². The Morgan fingerprint density at radius 1 is 1.17 bits per heavy atom. The van der Waals surface area contributed by atoms with Crippen molar-refractivity contribution in [3.63, 3.8) is 0 Å². The monoisotopic (exact) mass is 315 g/mol. The van der Waals surface area contributed by atoms with Crippen molar-refractivity contribution >= 4 is 5.91 Å². The fourth-order valence-corrected chi connectivity index (χ4v) is 2.64. The topological polar surface area (TPSA) is 65.8 Å². The van der Waals surface area contributed by atoms with Crippen LogP contribution >= 0.6 is 0 Å². The van der Waals surface area contributed by atoms with Crippen LogP contribution in [0.1, 0.15) is 46.6 Å². The first-order chi connectivity index (χ1) is 11.5. The fraction of sp³-hybridized carbons (Fsp3) is 0.250. The van der Waals surface area contributed by atoms with Gasteiger partial charge in [0, 0.05) is 23.9 Å². The molecular formula is C20H17N3O. The zero-order chi connectivity index (χ0) is 17.2. The second-order valence-electron chi connectivity index (χ2n) is 6.68. The van der Waals surface area contributed by atoms with Crippen molar-refractivity contribution in [1.82, 2.24) is 10.3 Å². The van der Waals surface area contributed by atoms with E-state index >= 15 is 0 Å². The van der Waals surface area contributed by atoms with Crippen molar-refractivity contribution in [3.05, 3.63) is 64.5 Å². The number of aromatic nitrogens is 1. The molecule has 0 aliphatic carbocycles. The van der Waals surface area contributed by atoms with Crippen molar-refractivity contribution in [2.75, 3.05) is 6.54 Å². The van der Waals surface area contributed by atoms with Gasteiger partial charge in [-0.05, 0) is 36.1 Å². The molecule has 0 atom stereocenters. The zero-order valence-corrected chi connectivity index (χ0v) is 13.7. The third-order valence-electron chi connectivity index (χ3n) is 3.93. The standard InChI is InChI=1S/C20H17N3O/c1-20(2)10-18-17(19(24)23-13-20)9-16(12-22-18)7-6-14-4-3-5-15(8-14)11-21/h3-5,8-9,12H,10,13H2,1-2H3,(H,23,24). The lowest BCUT2D eigenvalue weighted by Gasteiger charge is -2.21. The van der Waals surface area contributed by atoms with Gasteiger partial charge in [0.25, 0.3) is 5.91 Å². The molecule has 4 heteroatoms. The molecule has 0 unspecified atom stereocenters. The van der Waals surface area contributed by atoms with Crippen molar-refractivity contribution in [2.24, 2.45) is 5.41 Å². The molecule has 0 radical (unpaired) electrons. The van der Waals surface area contributed by atoms with Gasteiger partial charge in [0.15, 0.2) is 0 Å². The van der Waals surface area contributed by atoms with Crippen LogP contribution < -0.4 is 5.32 Å². The molecule has 3 rings (SSSR count). The Kier molecular flexibility index (Phi) is 4.06. The Hall–Kier alpha value is -3.11. The number of carbonyl (C=O) groups excluding carboxylic acids is 1. The molecule has 0 bridgehead atoms. The highest BCUT2D eigenvalue weighted by Gasteiger charge is 2.27. The number of benzene rings is 1. The molecule has 0 saturated carbocycles. The summed E-state index contributed by atoms with van der Waals surface area (Å²) in [6, 6.07) is 11.0. The van der Waals surface area contributed by atoms with Crippen molar-refractivity contribution in [3.8, 4) is 17.9 Å². The second kappa shape index (κ2) is 6.18. The minimum Gasteiger partial charge on any atom is -0.351 e. The van der Waals surface area contributed by atoms with Crippen LogP contribution in [0.25, 0.3) is 0 Å². The fourth-order valence-electron chi connectivity index (χ4n) is 2.64. The van der Waals surface area contributed by atoms with E-state index in [1.165, 1.54) is 0 Å². The summed E-state index contributed by atoms with van der Waals surface area (Å²) in [6.07, 6.45) is 2.45. The van der Waals surface area contributed by atoms with Crippen LogP contribution in [-0.2, 0) is 6.42 Å². The first-order valence-electron chi connectivity index (χ1n) is 7.76. The Balaban J connectivity index is 1.94. The van der Waals surface area contributed by atoms with E-state index in [9.17, 15) is 4.79 Å². The summed E-state index contributed by atoms with van der Waals surface area (Å²) in [7, 11) is 0. The third kappa shape index (κ3) is 3.45. The highest BCUT2D eigenvalue weighted by Crippen LogP contribution is 2.25. The van der Waals surface area contributed by atoms with Gasteiger partial charge in [-0.25, -0.2) is 0 Å². The van der Waals surface area contributed by atoms with Crippen LogP contribution in [-0.4, -0.2) is 17.4 Å². The quantitative estimate of drug-likeness (QED) is 0.760. The molecule has 1 aromatic carbocycles. The predicted octanol–water partition coefficient (Wildman–Crippen LogP) is 2.67. The first kappa shape index (κ1) is 15.8. The molecule has 2 heterocycles. The summed E-state index contributed by atoms with van der Waals surface area (Å²) in [4.78, 5) is 16.7. The first-order valence-corrected chi connectivity index (χ1v) is 7.76. The maximum Gasteiger partial charge on any atom is 0.253 e. The number of hydrogen-bond donors (Lipinski definition) is 1. The van der Waals surface area contributed by atoms with Gasteiger partial charge in [0.05, 0.1) is 22.9 Å². The molecule has 118 valence electrons. The smallest absolute Gasteiger partial charge is 0.253 e. The predicted molar refractivity (Wildman–Crippen MR) is 91.2 cm³/mol. The van der Waals surface area contributed by atoms with Gasteiger partial charge in [0.2, 0.25) is 0 Å². The van der Waals surface area contributed by atoms with E-state index in [-0.39, 0.29) is 11.3 Å². The SMILES string of the molecule is CC1(C)CNC(=O)c2cc(C#Cc3cccc(C#N)c3)cnc2C1. The normalized spacial score (nSPS) is 15.1. The zero-order valence-electron chi connectivity index (χ0n) is 13.7. The number of hydrogen-bond acceptors (Lipinski definition) is 3. The molecule has 0 fully saturated rings. The Bertz CT molecular complexity index is 910. The highest BCUT2D eigenvalue weighted by molar-refractivity contribution is 5.96. The summed E-state index contributed by atoms with van der Waals surface area (Å²) in [5.74, 6) is 5.94. The van der Waals surface area contributed by atoms with Crippen LogP contribution in [0.3, 0.4) is 0 Å². The average Bonchev–Trinajstić information content (AvgIpc) is 2.69. The lowest BCUT2D eigenvalue weighted by molar-refractivity contribution is 0.0944. The van der Waals surface area contributed by atoms with Gasteiger partial charge >= 0.3 is 0 Å². The molecule has 4 nitrogen and oxygen atoms in total. The number of pyridine rings is 1. The van der Waals surface area contributed by atoms with E-state index in [0.717, 1.165) is 17.7 Å². The van der Waals surface area contributed by atoms with E-state index in [0.29, 0.717) is 23.2 Å².